The predicted octanol–water partition coefficient (Wildman–Crippen LogP) is 2.12. The summed E-state index contributed by atoms with van der Waals surface area (Å²) in [7, 11) is 0. The van der Waals surface area contributed by atoms with Crippen molar-refractivity contribution in [1.82, 2.24) is 0 Å². The van der Waals surface area contributed by atoms with Crippen LogP contribution in [-0.4, -0.2) is 11.7 Å². The van der Waals surface area contributed by atoms with Crippen molar-refractivity contribution >= 4 is 18.3 Å². The highest BCUT2D eigenvalue weighted by molar-refractivity contribution is 7.80. The Morgan fingerprint density at radius 2 is 2.21 bits per heavy atom. The van der Waals surface area contributed by atoms with Crippen molar-refractivity contribution in [2.45, 2.75) is 24.7 Å². The summed E-state index contributed by atoms with van der Waals surface area (Å²) in [6, 6.07) is 5.83. The van der Waals surface area contributed by atoms with Gasteiger partial charge < -0.3 is 10.8 Å². The number of rotatable bonds is 4. The van der Waals surface area contributed by atoms with Gasteiger partial charge in [-0.3, -0.25) is 0 Å². The lowest BCUT2D eigenvalue weighted by Crippen LogP contribution is -2.08. The number of aliphatic hydroxyl groups is 1. The molecule has 0 saturated carbocycles. The summed E-state index contributed by atoms with van der Waals surface area (Å²) in [4.78, 5) is 0.815. The Bertz CT molecular complexity index is 297. The second-order valence-electron chi connectivity index (χ2n) is 3.55. The molecule has 0 heterocycles. The number of nitrogen functional groups attached to an aromatic ring is 1. The average molecular weight is 211 g/mol. The van der Waals surface area contributed by atoms with E-state index in [0.717, 1.165) is 17.7 Å². The van der Waals surface area contributed by atoms with Gasteiger partial charge in [0.1, 0.15) is 0 Å². The van der Waals surface area contributed by atoms with Crippen molar-refractivity contribution in [2.75, 3.05) is 12.3 Å². The Kier molecular flexibility index (Phi) is 4.29. The standard InChI is InChI=1S/C11H17NOS/c1-2-8(7-13)5-9-3-4-10(12)11(14)6-9/h3-4,6,8,13-14H,2,5,7,12H2,1H3. The molecule has 1 rings (SSSR count). The van der Waals surface area contributed by atoms with Gasteiger partial charge in [-0.2, -0.15) is 0 Å². The zero-order valence-corrected chi connectivity index (χ0v) is 9.30. The molecule has 0 bridgehead atoms. The summed E-state index contributed by atoms with van der Waals surface area (Å²) in [5.74, 6) is 0.339. The van der Waals surface area contributed by atoms with Crippen molar-refractivity contribution in [3.63, 3.8) is 0 Å². The minimum absolute atomic E-state index is 0.239. The molecule has 0 aromatic heterocycles. The molecule has 0 aliphatic heterocycles. The number of hydrogen-bond donors (Lipinski definition) is 3. The van der Waals surface area contributed by atoms with Gasteiger partial charge in [0, 0.05) is 17.2 Å². The van der Waals surface area contributed by atoms with Crippen LogP contribution >= 0.6 is 12.6 Å². The molecule has 0 fully saturated rings. The number of aliphatic hydroxyl groups excluding tert-OH is 1. The van der Waals surface area contributed by atoms with Crippen molar-refractivity contribution in [1.29, 1.82) is 0 Å². The van der Waals surface area contributed by atoms with E-state index in [4.69, 9.17) is 10.8 Å². The van der Waals surface area contributed by atoms with Gasteiger partial charge in [0.2, 0.25) is 0 Å². The number of hydrogen-bond acceptors (Lipinski definition) is 3. The maximum Gasteiger partial charge on any atom is 0.0462 e. The SMILES string of the molecule is CCC(CO)Cc1ccc(N)c(S)c1. The molecule has 3 N–H and O–H groups in total. The van der Waals surface area contributed by atoms with Crippen LogP contribution in [0.1, 0.15) is 18.9 Å². The maximum absolute atomic E-state index is 9.07. The minimum Gasteiger partial charge on any atom is -0.398 e. The Morgan fingerprint density at radius 3 is 2.71 bits per heavy atom. The van der Waals surface area contributed by atoms with Gasteiger partial charge in [-0.25, -0.2) is 0 Å². The fraction of sp³-hybridized carbons (Fsp3) is 0.455. The maximum atomic E-state index is 9.07. The predicted molar refractivity (Wildman–Crippen MR) is 62.7 cm³/mol. The van der Waals surface area contributed by atoms with Crippen molar-refractivity contribution in [2.24, 2.45) is 5.92 Å². The zero-order valence-electron chi connectivity index (χ0n) is 8.40. The molecule has 0 aliphatic carbocycles. The lowest BCUT2D eigenvalue weighted by atomic mass is 9.98. The molecule has 2 nitrogen and oxygen atoms in total. The van der Waals surface area contributed by atoms with Crippen LogP contribution < -0.4 is 5.73 Å². The monoisotopic (exact) mass is 211 g/mol. The van der Waals surface area contributed by atoms with Crippen LogP contribution in [0.2, 0.25) is 0 Å². The molecule has 0 radical (unpaired) electrons. The van der Waals surface area contributed by atoms with Gasteiger partial charge >= 0.3 is 0 Å². The summed E-state index contributed by atoms with van der Waals surface area (Å²) >= 11 is 4.26. The third-order valence-corrected chi connectivity index (χ3v) is 2.84. The molecule has 3 heteroatoms. The first-order valence-electron chi connectivity index (χ1n) is 4.85. The Hall–Kier alpha value is -0.670. The molecule has 0 spiro atoms. The Labute approximate surface area is 90.5 Å². The van der Waals surface area contributed by atoms with Gasteiger partial charge in [0.15, 0.2) is 0 Å². The second-order valence-corrected chi connectivity index (χ2v) is 4.04. The fourth-order valence-electron chi connectivity index (χ4n) is 1.39. The van der Waals surface area contributed by atoms with Crippen LogP contribution in [0.5, 0.6) is 0 Å². The molecule has 0 aliphatic rings. The lowest BCUT2D eigenvalue weighted by molar-refractivity contribution is 0.222. The van der Waals surface area contributed by atoms with Crippen LogP contribution in [-0.2, 0) is 6.42 Å². The smallest absolute Gasteiger partial charge is 0.0462 e. The Balaban J connectivity index is 2.72. The first-order valence-corrected chi connectivity index (χ1v) is 5.30. The van der Waals surface area contributed by atoms with E-state index in [-0.39, 0.29) is 6.61 Å². The van der Waals surface area contributed by atoms with E-state index in [1.54, 1.807) is 0 Å². The number of anilines is 1. The van der Waals surface area contributed by atoms with Crippen LogP contribution in [0, 0.1) is 5.92 Å². The summed E-state index contributed by atoms with van der Waals surface area (Å²) in [5, 5.41) is 9.07. The second kappa shape index (κ2) is 5.27. The lowest BCUT2D eigenvalue weighted by Gasteiger charge is -2.12. The topological polar surface area (TPSA) is 46.2 Å². The van der Waals surface area contributed by atoms with E-state index in [0.29, 0.717) is 11.6 Å². The fourth-order valence-corrected chi connectivity index (χ4v) is 1.63. The van der Waals surface area contributed by atoms with Crippen LogP contribution in [0.25, 0.3) is 0 Å². The van der Waals surface area contributed by atoms with Gasteiger partial charge in [-0.1, -0.05) is 19.4 Å². The summed E-state index contributed by atoms with van der Waals surface area (Å²) < 4.78 is 0. The highest BCUT2D eigenvalue weighted by Gasteiger charge is 2.06. The largest absolute Gasteiger partial charge is 0.398 e. The molecule has 0 saturated heterocycles. The van der Waals surface area contributed by atoms with Crippen LogP contribution in [0.3, 0.4) is 0 Å². The summed E-state index contributed by atoms with van der Waals surface area (Å²) in [6.07, 6.45) is 1.88. The molecular weight excluding hydrogens is 194 g/mol. The highest BCUT2D eigenvalue weighted by Crippen LogP contribution is 2.20. The molecule has 1 atom stereocenters. The van der Waals surface area contributed by atoms with Gasteiger partial charge in [-0.05, 0) is 30.0 Å². The molecule has 1 aromatic rings. The van der Waals surface area contributed by atoms with E-state index >= 15 is 0 Å². The van der Waals surface area contributed by atoms with Crippen LogP contribution in [0.4, 0.5) is 5.69 Å². The Morgan fingerprint density at radius 1 is 1.50 bits per heavy atom. The summed E-state index contributed by atoms with van der Waals surface area (Å²) in [6.45, 7) is 2.32. The van der Waals surface area contributed by atoms with Gasteiger partial charge in [0.25, 0.3) is 0 Å². The van der Waals surface area contributed by atoms with Gasteiger partial charge in [0.05, 0.1) is 0 Å². The minimum atomic E-state index is 0.239. The molecule has 14 heavy (non-hydrogen) atoms. The molecule has 0 amide bonds. The third kappa shape index (κ3) is 2.93. The van der Waals surface area contributed by atoms with Gasteiger partial charge in [-0.15, -0.1) is 12.6 Å². The zero-order chi connectivity index (χ0) is 10.6. The molecule has 1 aromatic carbocycles. The van der Waals surface area contributed by atoms with E-state index in [1.807, 2.05) is 18.2 Å². The van der Waals surface area contributed by atoms with Crippen molar-refractivity contribution < 1.29 is 5.11 Å². The van der Waals surface area contributed by atoms with Crippen molar-refractivity contribution in [3.05, 3.63) is 23.8 Å². The third-order valence-electron chi connectivity index (χ3n) is 2.45. The summed E-state index contributed by atoms with van der Waals surface area (Å²) in [5.41, 5.74) is 7.55. The van der Waals surface area contributed by atoms with Crippen molar-refractivity contribution in [3.8, 4) is 0 Å². The number of benzene rings is 1. The molecule has 1 unspecified atom stereocenters. The number of nitrogens with two attached hydrogens (primary N) is 1. The van der Waals surface area contributed by atoms with E-state index in [2.05, 4.69) is 19.6 Å². The normalized spacial score (nSPS) is 12.8. The van der Waals surface area contributed by atoms with E-state index in [1.165, 1.54) is 5.56 Å². The number of thiol groups is 1. The molecular formula is C11H17NOS. The average Bonchev–Trinajstić information content (AvgIpc) is 2.19. The first-order chi connectivity index (χ1) is 6.67. The highest BCUT2D eigenvalue weighted by atomic mass is 32.1. The van der Waals surface area contributed by atoms with E-state index < -0.39 is 0 Å². The van der Waals surface area contributed by atoms with Crippen LogP contribution in [0.15, 0.2) is 23.1 Å². The van der Waals surface area contributed by atoms with E-state index in [9.17, 15) is 0 Å². The quantitative estimate of drug-likeness (QED) is 0.527. The molecule has 78 valence electrons. The first kappa shape index (κ1) is 11.4.